The smallest absolute Gasteiger partial charge is 0.250 e. The molecule has 0 bridgehead atoms. The highest BCUT2D eigenvalue weighted by atomic mass is 16.2. The van der Waals surface area contributed by atoms with E-state index >= 15 is 0 Å². The lowest BCUT2D eigenvalue weighted by Crippen LogP contribution is -2.51. The van der Waals surface area contributed by atoms with Gasteiger partial charge in [0.2, 0.25) is 0 Å². The number of benzene rings is 3. The van der Waals surface area contributed by atoms with Gasteiger partial charge in [0.05, 0.1) is 17.8 Å². The first kappa shape index (κ1) is 23.3. The number of rotatable bonds is 8. The van der Waals surface area contributed by atoms with Crippen molar-refractivity contribution < 1.29 is 4.79 Å². The highest BCUT2D eigenvalue weighted by molar-refractivity contribution is 5.95. The molecule has 1 N–H and O–H groups in total. The molecule has 0 spiro atoms. The van der Waals surface area contributed by atoms with Gasteiger partial charge in [-0.1, -0.05) is 86.1 Å². The molecule has 0 radical (unpaired) electrons. The SMILES string of the molecule is CCCCC1=C(Cc2ccc(-c3ccccc3C#N)cc2)C(=O)NC(C)N1Cc1ccccc1. The summed E-state index contributed by atoms with van der Waals surface area (Å²) in [6, 6.07) is 28.6. The highest BCUT2D eigenvalue weighted by Gasteiger charge is 2.30. The predicted molar refractivity (Wildman–Crippen MR) is 136 cm³/mol. The molecule has 1 aliphatic heterocycles. The molecule has 0 fully saturated rings. The fraction of sp³-hybridized carbons (Fsp3) is 0.267. The lowest BCUT2D eigenvalue weighted by Gasteiger charge is -2.39. The third-order valence-electron chi connectivity index (χ3n) is 6.43. The van der Waals surface area contributed by atoms with Crippen LogP contribution in [-0.4, -0.2) is 17.0 Å². The zero-order valence-corrected chi connectivity index (χ0v) is 19.9. The minimum Gasteiger partial charge on any atom is -0.350 e. The van der Waals surface area contributed by atoms with Gasteiger partial charge in [-0.3, -0.25) is 4.79 Å². The Bertz CT molecular complexity index is 1210. The Balaban J connectivity index is 1.64. The average Bonchev–Trinajstić information content (AvgIpc) is 2.87. The number of carbonyl (C=O) groups excluding carboxylic acids is 1. The van der Waals surface area contributed by atoms with Crippen LogP contribution in [0.3, 0.4) is 0 Å². The molecule has 4 heteroatoms. The lowest BCUT2D eigenvalue weighted by molar-refractivity contribution is -0.120. The molecule has 1 unspecified atom stereocenters. The second-order valence-electron chi connectivity index (χ2n) is 8.82. The standard InChI is InChI=1S/C30H31N3O/c1-3-4-14-29-28(30(34)32-22(2)33(29)21-24-10-6-5-7-11-24)19-23-15-17-25(18-16-23)27-13-9-8-12-26(27)20-31/h5-13,15-18,22H,3-4,14,19,21H2,1-2H3,(H,32,34). The first-order valence-electron chi connectivity index (χ1n) is 12.0. The molecule has 34 heavy (non-hydrogen) atoms. The molecule has 3 aromatic rings. The van der Waals surface area contributed by atoms with Gasteiger partial charge in [0.1, 0.15) is 0 Å². The summed E-state index contributed by atoms with van der Waals surface area (Å²) in [5, 5.41) is 12.6. The Kier molecular flexibility index (Phi) is 7.44. The van der Waals surface area contributed by atoms with Crippen LogP contribution in [0, 0.1) is 11.3 Å². The van der Waals surface area contributed by atoms with Crippen molar-refractivity contribution in [3.8, 4) is 17.2 Å². The van der Waals surface area contributed by atoms with Gasteiger partial charge < -0.3 is 10.2 Å². The lowest BCUT2D eigenvalue weighted by atomic mass is 9.94. The third-order valence-corrected chi connectivity index (χ3v) is 6.43. The van der Waals surface area contributed by atoms with Crippen LogP contribution in [0.1, 0.15) is 49.8 Å². The first-order chi connectivity index (χ1) is 16.6. The molecular formula is C30H31N3O. The second-order valence-corrected chi connectivity index (χ2v) is 8.82. The zero-order chi connectivity index (χ0) is 23.9. The monoisotopic (exact) mass is 449 g/mol. The summed E-state index contributed by atoms with van der Waals surface area (Å²) in [5.41, 5.74) is 6.93. The molecule has 172 valence electrons. The van der Waals surface area contributed by atoms with Gasteiger partial charge in [0.25, 0.3) is 5.91 Å². The van der Waals surface area contributed by atoms with Gasteiger partial charge in [0.15, 0.2) is 0 Å². The van der Waals surface area contributed by atoms with Crippen LogP contribution in [0.15, 0.2) is 90.1 Å². The van der Waals surface area contributed by atoms with E-state index in [1.807, 2.05) is 42.5 Å². The van der Waals surface area contributed by atoms with Crippen molar-refractivity contribution >= 4 is 5.91 Å². The molecule has 1 atom stereocenters. The maximum absolute atomic E-state index is 13.1. The average molecular weight is 450 g/mol. The van der Waals surface area contributed by atoms with Crippen molar-refractivity contribution in [2.75, 3.05) is 0 Å². The molecule has 0 saturated heterocycles. The number of carbonyl (C=O) groups is 1. The number of hydrogen-bond donors (Lipinski definition) is 1. The van der Waals surface area contributed by atoms with Crippen molar-refractivity contribution in [1.29, 1.82) is 5.26 Å². The van der Waals surface area contributed by atoms with E-state index in [2.05, 4.69) is 66.5 Å². The number of amides is 1. The molecule has 1 heterocycles. The number of hydrogen-bond acceptors (Lipinski definition) is 3. The van der Waals surface area contributed by atoms with Gasteiger partial charge in [-0.2, -0.15) is 5.26 Å². The van der Waals surface area contributed by atoms with Crippen LogP contribution < -0.4 is 5.32 Å². The molecular weight excluding hydrogens is 418 g/mol. The van der Waals surface area contributed by atoms with Crippen LogP contribution in [0.2, 0.25) is 0 Å². The van der Waals surface area contributed by atoms with Crippen molar-refractivity contribution in [2.24, 2.45) is 0 Å². The normalized spacial score (nSPS) is 15.7. The number of nitrogens with zero attached hydrogens (tertiary/aromatic N) is 2. The molecule has 0 aliphatic carbocycles. The minimum absolute atomic E-state index is 0.0295. The van der Waals surface area contributed by atoms with Crippen LogP contribution in [-0.2, 0) is 17.8 Å². The fourth-order valence-corrected chi connectivity index (χ4v) is 4.57. The van der Waals surface area contributed by atoms with Gasteiger partial charge in [0, 0.05) is 24.2 Å². The molecule has 1 aliphatic rings. The van der Waals surface area contributed by atoms with Crippen LogP contribution in [0.25, 0.3) is 11.1 Å². The topological polar surface area (TPSA) is 56.1 Å². The summed E-state index contributed by atoms with van der Waals surface area (Å²) >= 11 is 0. The molecule has 3 aromatic carbocycles. The van der Waals surface area contributed by atoms with E-state index in [4.69, 9.17) is 0 Å². The summed E-state index contributed by atoms with van der Waals surface area (Å²) in [6.07, 6.45) is 3.56. The fourth-order valence-electron chi connectivity index (χ4n) is 4.57. The Morgan fingerprint density at radius 2 is 1.65 bits per heavy atom. The first-order valence-corrected chi connectivity index (χ1v) is 12.0. The van der Waals surface area contributed by atoms with E-state index in [1.165, 1.54) is 5.56 Å². The maximum atomic E-state index is 13.1. The zero-order valence-electron chi connectivity index (χ0n) is 19.9. The van der Waals surface area contributed by atoms with E-state index < -0.39 is 0 Å². The molecule has 1 amide bonds. The van der Waals surface area contributed by atoms with E-state index in [0.717, 1.165) is 53.8 Å². The van der Waals surface area contributed by atoms with Gasteiger partial charge in [-0.05, 0) is 48.1 Å². The third kappa shape index (κ3) is 5.21. The predicted octanol–water partition coefficient (Wildman–Crippen LogP) is 6.19. The summed E-state index contributed by atoms with van der Waals surface area (Å²) in [5.74, 6) is 0.0295. The number of nitriles is 1. The molecule has 4 nitrogen and oxygen atoms in total. The molecule has 0 saturated carbocycles. The maximum Gasteiger partial charge on any atom is 0.250 e. The van der Waals surface area contributed by atoms with Crippen molar-refractivity contribution in [1.82, 2.24) is 10.2 Å². The van der Waals surface area contributed by atoms with Crippen molar-refractivity contribution in [3.05, 3.63) is 107 Å². The van der Waals surface area contributed by atoms with Gasteiger partial charge in [-0.25, -0.2) is 0 Å². The summed E-state index contributed by atoms with van der Waals surface area (Å²) in [4.78, 5) is 15.5. The summed E-state index contributed by atoms with van der Waals surface area (Å²) in [7, 11) is 0. The van der Waals surface area contributed by atoms with E-state index in [9.17, 15) is 10.1 Å². The number of unbranched alkanes of at least 4 members (excludes halogenated alkanes) is 1. The van der Waals surface area contributed by atoms with Gasteiger partial charge in [-0.15, -0.1) is 0 Å². The largest absolute Gasteiger partial charge is 0.350 e. The van der Waals surface area contributed by atoms with E-state index in [1.54, 1.807) is 0 Å². The van der Waals surface area contributed by atoms with Gasteiger partial charge >= 0.3 is 0 Å². The Morgan fingerprint density at radius 3 is 2.35 bits per heavy atom. The summed E-state index contributed by atoms with van der Waals surface area (Å²) in [6.45, 7) is 5.02. The number of nitrogens with one attached hydrogen (secondary N) is 1. The molecule has 0 aromatic heterocycles. The Morgan fingerprint density at radius 1 is 0.941 bits per heavy atom. The second kappa shape index (κ2) is 10.9. The van der Waals surface area contributed by atoms with Crippen LogP contribution in [0.4, 0.5) is 0 Å². The highest BCUT2D eigenvalue weighted by Crippen LogP contribution is 2.29. The van der Waals surface area contributed by atoms with E-state index in [-0.39, 0.29) is 12.1 Å². The van der Waals surface area contributed by atoms with Crippen LogP contribution in [0.5, 0.6) is 0 Å². The number of allylic oxidation sites excluding steroid dienone is 1. The Hall–Kier alpha value is -3.84. The minimum atomic E-state index is -0.0480. The van der Waals surface area contributed by atoms with Crippen LogP contribution >= 0.6 is 0 Å². The Labute approximate surface area is 202 Å². The van der Waals surface area contributed by atoms with Crippen molar-refractivity contribution in [2.45, 2.75) is 52.2 Å². The van der Waals surface area contributed by atoms with E-state index in [0.29, 0.717) is 12.0 Å². The molecule has 4 rings (SSSR count). The summed E-state index contributed by atoms with van der Waals surface area (Å²) < 4.78 is 0. The van der Waals surface area contributed by atoms with Crippen molar-refractivity contribution in [3.63, 3.8) is 0 Å². The quantitative estimate of drug-likeness (QED) is 0.446.